The second kappa shape index (κ2) is 7.09. The predicted molar refractivity (Wildman–Crippen MR) is 105 cm³/mol. The van der Waals surface area contributed by atoms with Crippen LogP contribution in [0.4, 0.5) is 5.69 Å². The SMILES string of the molecule is Cc1cc2[nH]c(C(=O)Nc3ccc(Oc4ccncc4)cc3)nc2cc1Cl. The van der Waals surface area contributed by atoms with Crippen LogP contribution in [0.25, 0.3) is 11.0 Å². The standard InChI is InChI=1S/C20H15ClN4O2/c1-12-10-17-18(11-16(12)21)25-19(24-17)20(26)23-13-2-4-14(5-3-13)27-15-6-8-22-9-7-15/h2-11H,1H3,(H,23,26)(H,24,25). The van der Waals surface area contributed by atoms with Crippen LogP contribution in [-0.2, 0) is 0 Å². The van der Waals surface area contributed by atoms with Crippen molar-refractivity contribution in [3.63, 3.8) is 0 Å². The van der Waals surface area contributed by atoms with Crippen molar-refractivity contribution >= 4 is 34.2 Å². The van der Waals surface area contributed by atoms with Gasteiger partial charge in [-0.15, -0.1) is 0 Å². The van der Waals surface area contributed by atoms with E-state index in [1.54, 1.807) is 54.9 Å². The quantitative estimate of drug-likeness (QED) is 0.525. The molecule has 1 amide bonds. The van der Waals surface area contributed by atoms with Gasteiger partial charge in [-0.05, 0) is 61.0 Å². The van der Waals surface area contributed by atoms with Crippen molar-refractivity contribution in [1.82, 2.24) is 15.0 Å². The number of ether oxygens (including phenoxy) is 1. The Balaban J connectivity index is 1.48. The molecule has 134 valence electrons. The molecular formula is C20H15ClN4O2. The first-order valence-electron chi connectivity index (χ1n) is 8.24. The molecule has 7 heteroatoms. The van der Waals surface area contributed by atoms with Crippen LogP contribution in [0.15, 0.2) is 60.9 Å². The number of hydrogen-bond acceptors (Lipinski definition) is 4. The molecule has 4 aromatic rings. The van der Waals surface area contributed by atoms with Gasteiger partial charge in [0.2, 0.25) is 0 Å². The highest BCUT2D eigenvalue weighted by Gasteiger charge is 2.13. The monoisotopic (exact) mass is 378 g/mol. The molecule has 6 nitrogen and oxygen atoms in total. The number of rotatable bonds is 4. The molecule has 0 fully saturated rings. The fourth-order valence-corrected chi connectivity index (χ4v) is 2.74. The van der Waals surface area contributed by atoms with Crippen LogP contribution in [0.2, 0.25) is 5.02 Å². The number of carbonyl (C=O) groups is 1. The summed E-state index contributed by atoms with van der Waals surface area (Å²) in [5, 5.41) is 3.42. The number of H-pyrrole nitrogens is 1. The van der Waals surface area contributed by atoms with Gasteiger partial charge in [-0.1, -0.05) is 11.6 Å². The fourth-order valence-electron chi connectivity index (χ4n) is 2.59. The first-order chi connectivity index (χ1) is 13.1. The molecule has 0 radical (unpaired) electrons. The predicted octanol–water partition coefficient (Wildman–Crippen LogP) is 4.96. The maximum atomic E-state index is 12.5. The number of halogens is 1. The lowest BCUT2D eigenvalue weighted by Gasteiger charge is -2.07. The third-order valence-electron chi connectivity index (χ3n) is 3.97. The van der Waals surface area contributed by atoms with Crippen molar-refractivity contribution in [2.75, 3.05) is 5.32 Å². The zero-order valence-corrected chi connectivity index (χ0v) is 15.1. The third kappa shape index (κ3) is 3.75. The molecule has 27 heavy (non-hydrogen) atoms. The Bertz CT molecular complexity index is 1070. The van der Waals surface area contributed by atoms with Gasteiger partial charge in [0.15, 0.2) is 5.82 Å². The number of nitrogens with one attached hydrogen (secondary N) is 2. The molecule has 2 N–H and O–H groups in total. The fraction of sp³-hybridized carbons (Fsp3) is 0.0500. The lowest BCUT2D eigenvalue weighted by Crippen LogP contribution is -2.13. The Morgan fingerprint density at radius 3 is 2.52 bits per heavy atom. The number of carbonyl (C=O) groups excluding carboxylic acids is 1. The first-order valence-corrected chi connectivity index (χ1v) is 8.61. The number of nitrogens with zero attached hydrogens (tertiary/aromatic N) is 2. The molecule has 0 atom stereocenters. The maximum absolute atomic E-state index is 12.5. The van der Waals surface area contributed by atoms with Gasteiger partial charge < -0.3 is 15.0 Å². The van der Waals surface area contributed by atoms with Crippen molar-refractivity contribution in [3.05, 3.63) is 77.3 Å². The zero-order chi connectivity index (χ0) is 18.8. The summed E-state index contributed by atoms with van der Waals surface area (Å²) in [6, 6.07) is 14.2. The van der Waals surface area contributed by atoms with Gasteiger partial charge in [0.05, 0.1) is 11.0 Å². The van der Waals surface area contributed by atoms with Crippen LogP contribution >= 0.6 is 11.6 Å². The normalized spacial score (nSPS) is 10.7. The maximum Gasteiger partial charge on any atom is 0.291 e. The van der Waals surface area contributed by atoms with Crippen molar-refractivity contribution in [1.29, 1.82) is 0 Å². The summed E-state index contributed by atoms with van der Waals surface area (Å²) in [7, 11) is 0. The van der Waals surface area contributed by atoms with Crippen LogP contribution in [0.1, 0.15) is 16.2 Å². The molecule has 2 heterocycles. The second-order valence-corrected chi connectivity index (χ2v) is 6.37. The van der Waals surface area contributed by atoms with Crippen molar-refractivity contribution < 1.29 is 9.53 Å². The third-order valence-corrected chi connectivity index (χ3v) is 4.38. The molecule has 2 aromatic carbocycles. The minimum Gasteiger partial charge on any atom is -0.457 e. The van der Waals surface area contributed by atoms with E-state index in [1.807, 2.05) is 13.0 Å². The summed E-state index contributed by atoms with van der Waals surface area (Å²) in [5.74, 6) is 1.25. The molecule has 0 aliphatic heterocycles. The Morgan fingerprint density at radius 2 is 1.78 bits per heavy atom. The smallest absolute Gasteiger partial charge is 0.291 e. The topological polar surface area (TPSA) is 79.9 Å². The summed E-state index contributed by atoms with van der Waals surface area (Å²) in [6.45, 7) is 1.90. The minimum absolute atomic E-state index is 0.226. The molecular weight excluding hydrogens is 364 g/mol. The van der Waals surface area contributed by atoms with Crippen LogP contribution < -0.4 is 10.1 Å². The van der Waals surface area contributed by atoms with Gasteiger partial charge in [-0.25, -0.2) is 4.98 Å². The van der Waals surface area contributed by atoms with E-state index in [4.69, 9.17) is 16.3 Å². The van der Waals surface area contributed by atoms with E-state index in [-0.39, 0.29) is 11.7 Å². The van der Waals surface area contributed by atoms with Gasteiger partial charge in [-0.2, -0.15) is 0 Å². The number of pyridine rings is 1. The van der Waals surface area contributed by atoms with E-state index in [0.29, 0.717) is 27.7 Å². The largest absolute Gasteiger partial charge is 0.457 e. The molecule has 0 unspecified atom stereocenters. The molecule has 0 spiro atoms. The van der Waals surface area contributed by atoms with Gasteiger partial charge >= 0.3 is 0 Å². The zero-order valence-electron chi connectivity index (χ0n) is 14.4. The van der Waals surface area contributed by atoms with Crippen molar-refractivity contribution in [2.45, 2.75) is 6.92 Å². The van der Waals surface area contributed by atoms with E-state index in [9.17, 15) is 4.79 Å². The number of aryl methyl sites for hydroxylation is 1. The second-order valence-electron chi connectivity index (χ2n) is 5.97. The molecule has 4 rings (SSSR count). The summed E-state index contributed by atoms with van der Waals surface area (Å²) in [4.78, 5) is 23.7. The summed E-state index contributed by atoms with van der Waals surface area (Å²) < 4.78 is 5.70. The number of imidazole rings is 1. The number of hydrogen-bond donors (Lipinski definition) is 2. The van der Waals surface area contributed by atoms with Crippen LogP contribution in [0, 0.1) is 6.92 Å². The van der Waals surface area contributed by atoms with E-state index < -0.39 is 0 Å². The molecule has 0 aliphatic rings. The molecule has 0 saturated heterocycles. The van der Waals surface area contributed by atoms with Crippen molar-refractivity contribution in [2.24, 2.45) is 0 Å². The first kappa shape index (κ1) is 17.1. The van der Waals surface area contributed by atoms with Crippen molar-refractivity contribution in [3.8, 4) is 11.5 Å². The lowest BCUT2D eigenvalue weighted by molar-refractivity contribution is 0.101. The number of fused-ring (bicyclic) bond motifs is 1. The summed E-state index contributed by atoms with van der Waals surface area (Å²) in [6.07, 6.45) is 3.32. The van der Waals surface area contributed by atoms with Gasteiger partial charge in [0.1, 0.15) is 11.5 Å². The Labute approximate surface area is 160 Å². The number of aromatic amines is 1. The van der Waals surface area contributed by atoms with Gasteiger partial charge in [0.25, 0.3) is 5.91 Å². The number of amides is 1. The highest BCUT2D eigenvalue weighted by Crippen LogP contribution is 2.24. The molecule has 0 saturated carbocycles. The van der Waals surface area contributed by atoms with Gasteiger partial charge in [0, 0.05) is 23.1 Å². The lowest BCUT2D eigenvalue weighted by atomic mass is 10.2. The van der Waals surface area contributed by atoms with Gasteiger partial charge in [-0.3, -0.25) is 9.78 Å². The van der Waals surface area contributed by atoms with Crippen LogP contribution in [0.3, 0.4) is 0 Å². The number of aromatic nitrogens is 3. The highest BCUT2D eigenvalue weighted by molar-refractivity contribution is 6.32. The number of benzene rings is 2. The Hall–Kier alpha value is -3.38. The van der Waals surface area contributed by atoms with E-state index in [2.05, 4.69) is 20.3 Å². The average molecular weight is 379 g/mol. The summed E-state index contributed by atoms with van der Waals surface area (Å²) >= 11 is 6.11. The van der Waals surface area contributed by atoms with Crippen LogP contribution in [-0.4, -0.2) is 20.9 Å². The average Bonchev–Trinajstić information content (AvgIpc) is 3.07. The van der Waals surface area contributed by atoms with E-state index in [1.165, 1.54) is 0 Å². The number of anilines is 1. The molecule has 0 aliphatic carbocycles. The van der Waals surface area contributed by atoms with E-state index >= 15 is 0 Å². The Kier molecular flexibility index (Phi) is 4.48. The van der Waals surface area contributed by atoms with Crippen LogP contribution in [0.5, 0.6) is 11.5 Å². The Morgan fingerprint density at radius 1 is 1.07 bits per heavy atom. The molecule has 0 bridgehead atoms. The highest BCUT2D eigenvalue weighted by atomic mass is 35.5. The summed E-state index contributed by atoms with van der Waals surface area (Å²) in [5.41, 5.74) is 2.97. The molecule has 2 aromatic heterocycles. The van der Waals surface area contributed by atoms with E-state index in [0.717, 1.165) is 11.1 Å². The minimum atomic E-state index is -0.331.